The first-order valence-electron chi connectivity index (χ1n) is 5.93. The molecule has 0 fully saturated rings. The Bertz CT molecular complexity index is 615. The number of carbonyl (C=O) groups is 1. The Morgan fingerprint density at radius 1 is 1.35 bits per heavy atom. The van der Waals surface area contributed by atoms with E-state index in [2.05, 4.69) is 5.32 Å². The highest BCUT2D eigenvalue weighted by Gasteiger charge is 2.22. The molecule has 0 aromatic heterocycles. The summed E-state index contributed by atoms with van der Waals surface area (Å²) < 4.78 is 22.7. The molecule has 1 amide bonds. The van der Waals surface area contributed by atoms with Gasteiger partial charge in [-0.15, -0.1) is 0 Å². The minimum atomic E-state index is -4.01. The lowest BCUT2D eigenvalue weighted by Gasteiger charge is -2.11. The van der Waals surface area contributed by atoms with Gasteiger partial charge in [0, 0.05) is 6.54 Å². The Morgan fingerprint density at radius 2 is 1.95 bits per heavy atom. The number of benzene rings is 1. The number of hydrogen-bond acceptors (Lipinski definition) is 3. The molecular weight excluding hydrogens is 323 g/mol. The van der Waals surface area contributed by atoms with Crippen LogP contribution in [0.3, 0.4) is 0 Å². The van der Waals surface area contributed by atoms with Crippen LogP contribution in [0.4, 0.5) is 0 Å². The second-order valence-corrected chi connectivity index (χ2v) is 7.03. The van der Waals surface area contributed by atoms with E-state index in [9.17, 15) is 13.2 Å². The Labute approximate surface area is 128 Å². The molecule has 8 heteroatoms. The molecule has 3 N–H and O–H groups in total. The molecule has 0 spiro atoms. The van der Waals surface area contributed by atoms with Gasteiger partial charge in [0.1, 0.15) is 4.90 Å². The molecule has 0 unspecified atom stereocenters. The summed E-state index contributed by atoms with van der Waals surface area (Å²) in [5, 5.41) is 7.49. The molecule has 0 saturated carbocycles. The summed E-state index contributed by atoms with van der Waals surface area (Å²) in [5.74, 6) is -0.0943. The van der Waals surface area contributed by atoms with Gasteiger partial charge in [0.25, 0.3) is 5.91 Å². The lowest BCUT2D eigenvalue weighted by Crippen LogP contribution is -2.26. The maximum atomic E-state index is 12.0. The first-order valence-corrected chi connectivity index (χ1v) is 8.23. The Morgan fingerprint density at radius 3 is 2.45 bits per heavy atom. The molecule has 0 heterocycles. The van der Waals surface area contributed by atoms with Crippen LogP contribution in [0.1, 0.15) is 30.6 Å². The minimum Gasteiger partial charge on any atom is -0.352 e. The largest absolute Gasteiger partial charge is 0.352 e. The van der Waals surface area contributed by atoms with Crippen LogP contribution in [0.2, 0.25) is 10.0 Å². The highest BCUT2D eigenvalue weighted by atomic mass is 35.5. The molecular formula is C12H16Cl2N2O3S. The number of primary sulfonamides is 1. The highest BCUT2D eigenvalue weighted by Crippen LogP contribution is 2.30. The van der Waals surface area contributed by atoms with E-state index >= 15 is 0 Å². The smallest absolute Gasteiger partial charge is 0.254 e. The molecule has 0 radical (unpaired) electrons. The van der Waals surface area contributed by atoms with Crippen molar-refractivity contribution >= 4 is 39.1 Å². The van der Waals surface area contributed by atoms with E-state index in [0.717, 1.165) is 6.42 Å². The summed E-state index contributed by atoms with van der Waals surface area (Å²) in [6.07, 6.45) is 0.788. The normalized spacial score (nSPS) is 11.7. The third kappa shape index (κ3) is 4.34. The van der Waals surface area contributed by atoms with Crippen molar-refractivity contribution in [3.05, 3.63) is 27.7 Å². The summed E-state index contributed by atoms with van der Waals surface area (Å²) in [5.41, 5.74) is -0.0800. The van der Waals surface area contributed by atoms with Gasteiger partial charge >= 0.3 is 0 Å². The molecule has 0 bridgehead atoms. The van der Waals surface area contributed by atoms with Crippen LogP contribution in [-0.4, -0.2) is 20.9 Å². The van der Waals surface area contributed by atoms with Gasteiger partial charge < -0.3 is 5.32 Å². The lowest BCUT2D eigenvalue weighted by molar-refractivity contribution is 0.0952. The molecule has 1 aromatic carbocycles. The van der Waals surface area contributed by atoms with E-state index < -0.39 is 15.9 Å². The third-order valence-corrected chi connectivity index (χ3v) is 4.37. The van der Waals surface area contributed by atoms with E-state index in [-0.39, 0.29) is 20.5 Å². The quantitative estimate of drug-likeness (QED) is 0.863. The molecule has 1 aromatic rings. The molecule has 20 heavy (non-hydrogen) atoms. The number of hydrogen-bond donors (Lipinski definition) is 2. The number of halogens is 2. The SMILES string of the molecule is CC(C)CCNC(=O)c1c(Cl)ccc(S(N)(=O)=O)c1Cl. The van der Waals surface area contributed by atoms with Gasteiger partial charge in [0.15, 0.2) is 0 Å². The molecule has 112 valence electrons. The zero-order chi connectivity index (χ0) is 15.5. The van der Waals surface area contributed by atoms with Crippen molar-refractivity contribution in [2.45, 2.75) is 25.2 Å². The van der Waals surface area contributed by atoms with Crippen LogP contribution < -0.4 is 10.5 Å². The Hall–Kier alpha value is -0.820. The number of nitrogens with two attached hydrogens (primary N) is 1. The van der Waals surface area contributed by atoms with Gasteiger partial charge in [-0.2, -0.15) is 0 Å². The number of nitrogens with one attached hydrogen (secondary N) is 1. The predicted octanol–water partition coefficient (Wildman–Crippen LogP) is 2.42. The van der Waals surface area contributed by atoms with Crippen molar-refractivity contribution in [3.8, 4) is 0 Å². The van der Waals surface area contributed by atoms with Gasteiger partial charge in [0.2, 0.25) is 10.0 Å². The van der Waals surface area contributed by atoms with Crippen molar-refractivity contribution < 1.29 is 13.2 Å². The fourth-order valence-electron chi connectivity index (χ4n) is 1.52. The van der Waals surface area contributed by atoms with Gasteiger partial charge in [-0.05, 0) is 24.5 Å². The first-order chi connectivity index (χ1) is 9.14. The molecule has 0 aliphatic carbocycles. The van der Waals surface area contributed by atoms with Crippen LogP contribution >= 0.6 is 23.2 Å². The van der Waals surface area contributed by atoms with Gasteiger partial charge in [-0.25, -0.2) is 13.6 Å². The van der Waals surface area contributed by atoms with E-state index in [4.69, 9.17) is 28.3 Å². The molecule has 5 nitrogen and oxygen atoms in total. The van der Waals surface area contributed by atoms with Crippen molar-refractivity contribution in [1.82, 2.24) is 5.32 Å². The third-order valence-electron chi connectivity index (χ3n) is 2.60. The van der Waals surface area contributed by atoms with Gasteiger partial charge in [-0.1, -0.05) is 37.0 Å². The summed E-state index contributed by atoms with van der Waals surface area (Å²) in [6, 6.07) is 2.45. The average molecular weight is 339 g/mol. The number of rotatable bonds is 5. The van der Waals surface area contributed by atoms with E-state index in [0.29, 0.717) is 12.5 Å². The summed E-state index contributed by atoms with van der Waals surface area (Å²) in [7, 11) is -4.01. The van der Waals surface area contributed by atoms with Crippen LogP contribution in [0.5, 0.6) is 0 Å². The topological polar surface area (TPSA) is 89.3 Å². The fourth-order valence-corrected chi connectivity index (χ4v) is 3.00. The van der Waals surface area contributed by atoms with Crippen LogP contribution in [-0.2, 0) is 10.0 Å². The van der Waals surface area contributed by atoms with Crippen molar-refractivity contribution in [2.24, 2.45) is 11.1 Å². The Balaban J connectivity index is 3.09. The zero-order valence-electron chi connectivity index (χ0n) is 11.1. The summed E-state index contributed by atoms with van der Waals surface area (Å²) in [6.45, 7) is 4.49. The van der Waals surface area contributed by atoms with Gasteiger partial charge in [-0.3, -0.25) is 4.79 Å². The zero-order valence-corrected chi connectivity index (χ0v) is 13.4. The first kappa shape index (κ1) is 17.2. The standard InChI is InChI=1S/C12H16Cl2N2O3S/c1-7(2)5-6-16-12(17)10-8(13)3-4-9(11(10)14)20(15,18)19/h3-4,7H,5-6H2,1-2H3,(H,16,17)(H2,15,18,19). The lowest BCUT2D eigenvalue weighted by atomic mass is 10.1. The molecule has 0 atom stereocenters. The van der Waals surface area contributed by atoms with E-state index in [1.807, 2.05) is 13.8 Å². The summed E-state index contributed by atoms with van der Waals surface area (Å²) >= 11 is 11.8. The second kappa shape index (κ2) is 6.76. The van der Waals surface area contributed by atoms with E-state index in [1.54, 1.807) is 0 Å². The fraction of sp³-hybridized carbons (Fsp3) is 0.417. The molecule has 0 aliphatic heterocycles. The monoisotopic (exact) mass is 338 g/mol. The van der Waals surface area contributed by atoms with Crippen LogP contribution in [0.25, 0.3) is 0 Å². The van der Waals surface area contributed by atoms with Gasteiger partial charge in [0.05, 0.1) is 15.6 Å². The van der Waals surface area contributed by atoms with Crippen LogP contribution in [0.15, 0.2) is 17.0 Å². The molecule has 0 saturated heterocycles. The summed E-state index contributed by atoms with van der Waals surface area (Å²) in [4.78, 5) is 11.7. The number of amides is 1. The maximum Gasteiger partial charge on any atom is 0.254 e. The van der Waals surface area contributed by atoms with E-state index in [1.165, 1.54) is 12.1 Å². The number of sulfonamides is 1. The molecule has 1 rings (SSSR count). The second-order valence-electron chi connectivity index (χ2n) is 4.72. The van der Waals surface area contributed by atoms with Crippen molar-refractivity contribution in [3.63, 3.8) is 0 Å². The molecule has 0 aliphatic rings. The van der Waals surface area contributed by atoms with Crippen LogP contribution in [0, 0.1) is 5.92 Å². The maximum absolute atomic E-state index is 12.0. The minimum absolute atomic E-state index is 0.0736. The highest BCUT2D eigenvalue weighted by molar-refractivity contribution is 7.89. The Kier molecular flexibility index (Phi) is 5.82. The van der Waals surface area contributed by atoms with Crippen molar-refractivity contribution in [1.29, 1.82) is 0 Å². The average Bonchev–Trinajstić information content (AvgIpc) is 2.26. The number of carbonyl (C=O) groups excluding carboxylic acids is 1. The predicted molar refractivity (Wildman–Crippen MR) is 79.6 cm³/mol. The van der Waals surface area contributed by atoms with Crippen molar-refractivity contribution in [2.75, 3.05) is 6.54 Å².